The van der Waals surface area contributed by atoms with E-state index < -0.39 is 0 Å². The normalized spacial score (nSPS) is 21.0. The first-order chi connectivity index (χ1) is 14.1. The van der Waals surface area contributed by atoms with E-state index in [0.29, 0.717) is 5.56 Å². The van der Waals surface area contributed by atoms with E-state index in [1.54, 1.807) is 6.20 Å². The summed E-state index contributed by atoms with van der Waals surface area (Å²) in [4.78, 5) is 39.2. The van der Waals surface area contributed by atoms with Crippen LogP contribution in [0.3, 0.4) is 0 Å². The fourth-order valence-corrected chi connectivity index (χ4v) is 5.43. The number of fused-ring (bicyclic) bond motifs is 4. The Kier molecular flexibility index (Phi) is 3.69. The minimum absolute atomic E-state index is 0.165. The van der Waals surface area contributed by atoms with Crippen LogP contribution in [0.4, 0.5) is 5.69 Å². The molecule has 2 aromatic rings. The number of carbonyl (C=O) groups is 2. The van der Waals surface area contributed by atoms with E-state index in [1.807, 2.05) is 6.92 Å². The van der Waals surface area contributed by atoms with Crippen molar-refractivity contribution in [1.29, 1.82) is 0 Å². The van der Waals surface area contributed by atoms with Crippen molar-refractivity contribution in [2.75, 3.05) is 4.90 Å². The van der Waals surface area contributed by atoms with Crippen LogP contribution in [0.1, 0.15) is 62.9 Å². The summed E-state index contributed by atoms with van der Waals surface area (Å²) in [5, 5.41) is 0. The van der Waals surface area contributed by atoms with Crippen LogP contribution in [0.2, 0.25) is 0 Å². The van der Waals surface area contributed by atoms with Gasteiger partial charge in [-0.3, -0.25) is 14.4 Å². The first kappa shape index (κ1) is 19.0. The third-order valence-corrected chi connectivity index (χ3v) is 7.71. The van der Waals surface area contributed by atoms with Crippen molar-refractivity contribution in [3.05, 3.63) is 63.1 Å². The molecular formula is C25H26N2O3. The molecule has 2 amide bonds. The van der Waals surface area contributed by atoms with Crippen molar-refractivity contribution >= 4 is 28.6 Å². The van der Waals surface area contributed by atoms with Crippen LogP contribution in [-0.4, -0.2) is 16.4 Å². The maximum Gasteiger partial charge on any atom is 0.234 e. The molecule has 3 aliphatic rings. The molecule has 1 saturated heterocycles. The summed E-state index contributed by atoms with van der Waals surface area (Å²) < 4.78 is 2.14. The Hall–Kier alpha value is -2.95. The van der Waals surface area contributed by atoms with Crippen LogP contribution in [0.5, 0.6) is 0 Å². The zero-order valence-electron chi connectivity index (χ0n) is 18.1. The molecule has 0 bridgehead atoms. The molecule has 1 aliphatic carbocycles. The zero-order chi connectivity index (χ0) is 21.6. The smallest absolute Gasteiger partial charge is 0.234 e. The minimum atomic E-state index is -0.377. The molecule has 30 heavy (non-hydrogen) atoms. The van der Waals surface area contributed by atoms with E-state index >= 15 is 0 Å². The van der Waals surface area contributed by atoms with Gasteiger partial charge in [-0.1, -0.05) is 38.1 Å². The van der Waals surface area contributed by atoms with E-state index in [4.69, 9.17) is 0 Å². The molecule has 1 aromatic carbocycles. The number of amides is 2. The summed E-state index contributed by atoms with van der Waals surface area (Å²) in [6.45, 7) is 10.6. The van der Waals surface area contributed by atoms with Gasteiger partial charge in [0.1, 0.15) is 5.69 Å². The van der Waals surface area contributed by atoms with Crippen molar-refractivity contribution < 1.29 is 9.59 Å². The average Bonchev–Trinajstić information content (AvgIpc) is 3.23. The van der Waals surface area contributed by atoms with Crippen LogP contribution in [0.25, 0.3) is 11.1 Å². The van der Waals surface area contributed by atoms with Crippen LogP contribution in [0.15, 0.2) is 35.3 Å². The summed E-state index contributed by atoms with van der Waals surface area (Å²) in [6, 6.07) is 8.46. The largest absolute Gasteiger partial charge is 0.339 e. The highest BCUT2D eigenvalue weighted by atomic mass is 16.2. The molecule has 2 aliphatic heterocycles. The maximum atomic E-state index is 13.4. The third-order valence-electron chi connectivity index (χ3n) is 7.71. The van der Waals surface area contributed by atoms with Gasteiger partial charge in [0.25, 0.3) is 0 Å². The molecule has 0 radical (unpaired) electrons. The van der Waals surface area contributed by atoms with E-state index in [1.165, 1.54) is 22.3 Å². The average molecular weight is 402 g/mol. The highest BCUT2D eigenvalue weighted by molar-refractivity contribution is 6.19. The Morgan fingerprint density at radius 2 is 1.57 bits per heavy atom. The number of anilines is 1. The highest BCUT2D eigenvalue weighted by Gasteiger charge is 2.50. The molecule has 0 unspecified atom stereocenters. The van der Waals surface area contributed by atoms with E-state index in [0.717, 1.165) is 17.0 Å². The van der Waals surface area contributed by atoms with E-state index in [2.05, 4.69) is 56.5 Å². The molecule has 0 saturated carbocycles. The Morgan fingerprint density at radius 1 is 0.933 bits per heavy atom. The summed E-state index contributed by atoms with van der Waals surface area (Å²) in [6.07, 6.45) is 2.86. The van der Waals surface area contributed by atoms with Crippen molar-refractivity contribution in [2.24, 2.45) is 5.41 Å². The number of hydrogen-bond acceptors (Lipinski definition) is 3. The van der Waals surface area contributed by atoms with E-state index in [-0.39, 0.29) is 46.7 Å². The zero-order valence-corrected chi connectivity index (χ0v) is 18.1. The fourth-order valence-electron chi connectivity index (χ4n) is 5.43. The van der Waals surface area contributed by atoms with Gasteiger partial charge in [-0.05, 0) is 43.0 Å². The highest BCUT2D eigenvalue weighted by Crippen LogP contribution is 2.58. The van der Waals surface area contributed by atoms with Crippen LogP contribution in [-0.2, 0) is 21.5 Å². The SMILES string of the molecule is Cc1c2n(cc(N3C(=O)CCC3=O)c1=O)C(C)(C)C(C)(C)C1=C2Cc2ccccc21. The number of benzene rings is 1. The molecular weight excluding hydrogens is 376 g/mol. The predicted molar refractivity (Wildman–Crippen MR) is 117 cm³/mol. The summed E-state index contributed by atoms with van der Waals surface area (Å²) in [7, 11) is 0. The monoisotopic (exact) mass is 402 g/mol. The van der Waals surface area contributed by atoms with Gasteiger partial charge >= 0.3 is 0 Å². The Labute approximate surface area is 176 Å². The van der Waals surface area contributed by atoms with Gasteiger partial charge in [0.2, 0.25) is 17.2 Å². The summed E-state index contributed by atoms with van der Waals surface area (Å²) in [5.74, 6) is -0.587. The molecule has 0 atom stereocenters. The van der Waals surface area contributed by atoms with Crippen molar-refractivity contribution in [2.45, 2.75) is 59.4 Å². The molecule has 5 heteroatoms. The van der Waals surface area contributed by atoms with Gasteiger partial charge in [0, 0.05) is 42.0 Å². The summed E-state index contributed by atoms with van der Waals surface area (Å²) in [5.41, 5.74) is 5.90. The number of nitrogens with zero attached hydrogens (tertiary/aromatic N) is 2. The number of pyridine rings is 1. The Bertz CT molecular complexity index is 1230. The lowest BCUT2D eigenvalue weighted by Gasteiger charge is -2.50. The van der Waals surface area contributed by atoms with Gasteiger partial charge in [0.15, 0.2) is 0 Å². The second kappa shape index (κ2) is 5.81. The Balaban J connectivity index is 1.85. The lowest BCUT2D eigenvalue weighted by atomic mass is 9.64. The van der Waals surface area contributed by atoms with Crippen molar-refractivity contribution in [1.82, 2.24) is 4.57 Å². The molecule has 0 spiro atoms. The molecule has 0 N–H and O–H groups in total. The van der Waals surface area contributed by atoms with Crippen LogP contribution >= 0.6 is 0 Å². The van der Waals surface area contributed by atoms with Crippen molar-refractivity contribution in [3.63, 3.8) is 0 Å². The maximum absolute atomic E-state index is 13.4. The van der Waals surface area contributed by atoms with Crippen LogP contribution in [0, 0.1) is 12.3 Å². The van der Waals surface area contributed by atoms with Gasteiger partial charge in [-0.15, -0.1) is 0 Å². The predicted octanol–water partition coefficient (Wildman–Crippen LogP) is 4.05. The number of imide groups is 1. The molecule has 1 aromatic heterocycles. The first-order valence-electron chi connectivity index (χ1n) is 10.5. The lowest BCUT2D eigenvalue weighted by Crippen LogP contribution is -2.48. The second-order valence-electron chi connectivity index (χ2n) is 9.68. The van der Waals surface area contributed by atoms with Gasteiger partial charge in [-0.25, -0.2) is 4.90 Å². The molecule has 5 rings (SSSR count). The lowest BCUT2D eigenvalue weighted by molar-refractivity contribution is -0.121. The molecule has 5 nitrogen and oxygen atoms in total. The first-order valence-corrected chi connectivity index (χ1v) is 10.5. The van der Waals surface area contributed by atoms with Gasteiger partial charge < -0.3 is 4.57 Å². The molecule has 1 fully saturated rings. The standard InChI is InChI=1S/C25H26N2O3/c1-14-22-17-12-15-8-6-7-9-16(15)21(17)24(2,3)25(4,5)26(22)13-18(23(14)30)27-19(28)10-11-20(27)29/h6-9,13H,10-12H2,1-5H3. The van der Waals surface area contributed by atoms with Crippen LogP contribution < -0.4 is 10.3 Å². The summed E-state index contributed by atoms with van der Waals surface area (Å²) >= 11 is 0. The van der Waals surface area contributed by atoms with Gasteiger partial charge in [-0.2, -0.15) is 0 Å². The number of allylic oxidation sites excluding steroid dienone is 2. The number of aromatic nitrogens is 1. The fraction of sp³-hybridized carbons (Fsp3) is 0.400. The van der Waals surface area contributed by atoms with Gasteiger partial charge in [0.05, 0.1) is 5.69 Å². The number of carbonyl (C=O) groups excluding carboxylic acids is 2. The number of hydrogen-bond donors (Lipinski definition) is 0. The minimum Gasteiger partial charge on any atom is -0.339 e. The van der Waals surface area contributed by atoms with E-state index in [9.17, 15) is 14.4 Å². The molecule has 3 heterocycles. The topological polar surface area (TPSA) is 59.4 Å². The van der Waals surface area contributed by atoms with Crippen molar-refractivity contribution in [3.8, 4) is 0 Å². The Morgan fingerprint density at radius 3 is 2.23 bits per heavy atom. The quantitative estimate of drug-likeness (QED) is 0.676. The number of rotatable bonds is 1. The third kappa shape index (κ3) is 2.15. The second-order valence-corrected chi connectivity index (χ2v) is 9.68. The molecule has 154 valence electrons.